The number of nitro groups is 1. The van der Waals surface area contributed by atoms with Gasteiger partial charge in [0.15, 0.2) is 5.78 Å². The Morgan fingerprint density at radius 3 is 2.62 bits per heavy atom. The average molecular weight is 345 g/mol. The molecule has 0 amide bonds. The average Bonchev–Trinajstić information content (AvgIpc) is 2.99. The Balaban J connectivity index is 2.36. The van der Waals surface area contributed by atoms with Gasteiger partial charge in [-0.15, -0.1) is 0 Å². The molecule has 2 rings (SSSR count). The number of ketones is 1. The minimum absolute atomic E-state index is 0.000645. The zero-order valence-electron chi connectivity index (χ0n) is 12.9. The molecule has 0 spiro atoms. The Hall–Kier alpha value is -2.91. The second-order valence-electron chi connectivity index (χ2n) is 5.31. The topological polar surface area (TPSA) is 97.1 Å². The highest BCUT2D eigenvalue weighted by molar-refractivity contribution is 6.33. The fourth-order valence-corrected chi connectivity index (χ4v) is 2.27. The summed E-state index contributed by atoms with van der Waals surface area (Å²) in [6.07, 6.45) is 1.37. The largest absolute Gasteiger partial charge is 0.457 e. The minimum Gasteiger partial charge on any atom is -0.457 e. The summed E-state index contributed by atoms with van der Waals surface area (Å²) >= 11 is 6.06. The van der Waals surface area contributed by atoms with E-state index in [1.165, 1.54) is 24.3 Å². The number of nitriles is 1. The summed E-state index contributed by atoms with van der Waals surface area (Å²) < 4.78 is 5.58. The van der Waals surface area contributed by atoms with Crippen LogP contribution >= 0.6 is 11.6 Å². The van der Waals surface area contributed by atoms with Crippen molar-refractivity contribution in [3.05, 3.63) is 56.8 Å². The van der Waals surface area contributed by atoms with Gasteiger partial charge in [-0.1, -0.05) is 25.4 Å². The summed E-state index contributed by atoms with van der Waals surface area (Å²) in [5.74, 6) is 0.138. The number of hydrogen-bond donors (Lipinski definition) is 0. The minimum atomic E-state index is -0.539. The van der Waals surface area contributed by atoms with Crippen LogP contribution in [-0.4, -0.2) is 10.7 Å². The number of carbonyl (C=O) groups is 1. The summed E-state index contributed by atoms with van der Waals surface area (Å²) in [5, 5.41) is 20.0. The third kappa shape index (κ3) is 3.70. The SMILES string of the molecule is CC(C)C(=O)C(C#N)=Cc1ccc(-c2ccc([N+](=O)[O-])cc2Cl)o1. The maximum atomic E-state index is 11.9. The first kappa shape index (κ1) is 17.4. The zero-order chi connectivity index (χ0) is 17.9. The van der Waals surface area contributed by atoms with Crippen molar-refractivity contribution >= 4 is 29.1 Å². The van der Waals surface area contributed by atoms with E-state index in [-0.39, 0.29) is 28.0 Å². The molecule has 0 radical (unpaired) electrons. The molecule has 0 N–H and O–H groups in total. The number of nitrogens with zero attached hydrogens (tertiary/aromatic N) is 2. The van der Waals surface area contributed by atoms with Crippen molar-refractivity contribution in [2.75, 3.05) is 0 Å². The van der Waals surface area contributed by atoms with Gasteiger partial charge in [-0.25, -0.2) is 0 Å². The van der Waals surface area contributed by atoms with Gasteiger partial charge in [0.2, 0.25) is 0 Å². The molecule has 1 aromatic heterocycles. The Kier molecular flexibility index (Phi) is 5.17. The van der Waals surface area contributed by atoms with Crippen molar-refractivity contribution in [2.24, 2.45) is 5.92 Å². The maximum absolute atomic E-state index is 11.9. The lowest BCUT2D eigenvalue weighted by Gasteiger charge is -2.01. The molecule has 0 aliphatic heterocycles. The van der Waals surface area contributed by atoms with E-state index < -0.39 is 4.92 Å². The first-order valence-electron chi connectivity index (χ1n) is 7.03. The molecule has 0 bridgehead atoms. The molecule has 7 heteroatoms. The Morgan fingerprint density at radius 1 is 1.38 bits per heavy atom. The second kappa shape index (κ2) is 7.11. The number of halogens is 1. The highest BCUT2D eigenvalue weighted by Crippen LogP contribution is 2.32. The number of furan rings is 1. The smallest absolute Gasteiger partial charge is 0.270 e. The van der Waals surface area contributed by atoms with E-state index in [1.807, 2.05) is 6.07 Å². The Bertz CT molecular complexity index is 875. The van der Waals surface area contributed by atoms with Crippen molar-refractivity contribution in [3.63, 3.8) is 0 Å². The van der Waals surface area contributed by atoms with Crippen molar-refractivity contribution in [3.8, 4) is 17.4 Å². The predicted molar refractivity (Wildman–Crippen MR) is 89.2 cm³/mol. The van der Waals surface area contributed by atoms with Crippen molar-refractivity contribution in [1.29, 1.82) is 5.26 Å². The summed E-state index contributed by atoms with van der Waals surface area (Å²) in [4.78, 5) is 22.1. The van der Waals surface area contributed by atoms with E-state index in [4.69, 9.17) is 21.3 Å². The number of rotatable bonds is 5. The van der Waals surface area contributed by atoms with Crippen LogP contribution in [0.25, 0.3) is 17.4 Å². The van der Waals surface area contributed by atoms with Crippen LogP contribution in [0.4, 0.5) is 5.69 Å². The molecule has 0 atom stereocenters. The fourth-order valence-electron chi connectivity index (χ4n) is 2.00. The Morgan fingerprint density at radius 2 is 2.08 bits per heavy atom. The molecule has 1 aromatic carbocycles. The standard InChI is InChI=1S/C17H13ClN2O4/c1-10(2)17(21)11(9-19)7-13-4-6-16(24-13)14-5-3-12(20(22)23)8-15(14)18/h3-8,10H,1-2H3. The highest BCUT2D eigenvalue weighted by atomic mass is 35.5. The fraction of sp³-hybridized carbons (Fsp3) is 0.176. The molecule has 0 saturated carbocycles. The van der Waals surface area contributed by atoms with E-state index in [1.54, 1.807) is 26.0 Å². The molecule has 0 fully saturated rings. The van der Waals surface area contributed by atoms with Crippen LogP contribution in [-0.2, 0) is 4.79 Å². The van der Waals surface area contributed by atoms with Gasteiger partial charge < -0.3 is 4.42 Å². The first-order valence-corrected chi connectivity index (χ1v) is 7.41. The molecule has 1 heterocycles. The van der Waals surface area contributed by atoms with Gasteiger partial charge in [0.25, 0.3) is 5.69 Å². The molecule has 24 heavy (non-hydrogen) atoms. The van der Waals surface area contributed by atoms with Gasteiger partial charge in [0.05, 0.1) is 15.5 Å². The van der Waals surface area contributed by atoms with Gasteiger partial charge in [-0.2, -0.15) is 5.26 Å². The number of non-ortho nitro benzene ring substituents is 1. The number of hydrogen-bond acceptors (Lipinski definition) is 5. The highest BCUT2D eigenvalue weighted by Gasteiger charge is 2.16. The van der Waals surface area contributed by atoms with Gasteiger partial charge >= 0.3 is 0 Å². The number of benzene rings is 1. The van der Waals surface area contributed by atoms with Crippen LogP contribution in [0.5, 0.6) is 0 Å². The van der Waals surface area contributed by atoms with Crippen molar-refractivity contribution in [1.82, 2.24) is 0 Å². The second-order valence-corrected chi connectivity index (χ2v) is 5.72. The molecular formula is C17H13ClN2O4. The normalized spacial score (nSPS) is 11.4. The van der Waals surface area contributed by atoms with Crippen molar-refractivity contribution in [2.45, 2.75) is 13.8 Å². The quantitative estimate of drug-likeness (QED) is 0.340. The van der Waals surface area contributed by atoms with Crippen LogP contribution in [0.2, 0.25) is 5.02 Å². The lowest BCUT2D eigenvalue weighted by Crippen LogP contribution is -2.08. The lowest BCUT2D eigenvalue weighted by molar-refractivity contribution is -0.384. The molecule has 0 unspecified atom stereocenters. The molecule has 6 nitrogen and oxygen atoms in total. The van der Waals surface area contributed by atoms with E-state index in [0.717, 1.165) is 0 Å². The van der Waals surface area contributed by atoms with Gasteiger partial charge in [-0.05, 0) is 18.2 Å². The van der Waals surface area contributed by atoms with E-state index in [0.29, 0.717) is 17.1 Å². The Labute approximate surface area is 143 Å². The number of carbonyl (C=O) groups excluding carboxylic acids is 1. The van der Waals surface area contributed by atoms with Crippen LogP contribution in [0, 0.1) is 27.4 Å². The third-order valence-electron chi connectivity index (χ3n) is 3.25. The number of nitro benzene ring substituents is 1. The molecule has 0 aliphatic carbocycles. The number of allylic oxidation sites excluding steroid dienone is 1. The van der Waals surface area contributed by atoms with Crippen LogP contribution in [0.15, 0.2) is 40.3 Å². The monoisotopic (exact) mass is 344 g/mol. The molecule has 0 aliphatic rings. The van der Waals surface area contributed by atoms with Gasteiger partial charge in [-0.3, -0.25) is 14.9 Å². The van der Waals surface area contributed by atoms with Gasteiger partial charge in [0.1, 0.15) is 17.6 Å². The predicted octanol–water partition coefficient (Wildman–Crippen LogP) is 4.64. The summed E-state index contributed by atoms with van der Waals surface area (Å²) in [6, 6.07) is 9.12. The van der Waals surface area contributed by atoms with Gasteiger partial charge in [0, 0.05) is 29.7 Å². The van der Waals surface area contributed by atoms with E-state index in [9.17, 15) is 14.9 Å². The van der Waals surface area contributed by atoms with E-state index >= 15 is 0 Å². The summed E-state index contributed by atoms with van der Waals surface area (Å²) in [6.45, 7) is 3.41. The maximum Gasteiger partial charge on any atom is 0.270 e. The summed E-state index contributed by atoms with van der Waals surface area (Å²) in [5.41, 5.74) is 0.362. The first-order chi connectivity index (χ1) is 11.3. The molecule has 0 saturated heterocycles. The zero-order valence-corrected chi connectivity index (χ0v) is 13.7. The molecule has 122 valence electrons. The van der Waals surface area contributed by atoms with Crippen molar-refractivity contribution < 1.29 is 14.1 Å². The lowest BCUT2D eigenvalue weighted by atomic mass is 10.0. The van der Waals surface area contributed by atoms with E-state index in [2.05, 4.69) is 0 Å². The summed E-state index contributed by atoms with van der Waals surface area (Å²) in [7, 11) is 0. The van der Waals surface area contributed by atoms with Crippen LogP contribution < -0.4 is 0 Å². The van der Waals surface area contributed by atoms with Crippen LogP contribution in [0.3, 0.4) is 0 Å². The molecular weight excluding hydrogens is 332 g/mol. The molecule has 2 aromatic rings. The van der Waals surface area contributed by atoms with Crippen LogP contribution in [0.1, 0.15) is 19.6 Å². The third-order valence-corrected chi connectivity index (χ3v) is 3.57. The number of Topliss-reactive ketones (excluding diaryl/α,β-unsaturated/α-hetero) is 1.